The van der Waals surface area contributed by atoms with Crippen molar-refractivity contribution in [1.29, 1.82) is 0 Å². The van der Waals surface area contributed by atoms with Gasteiger partial charge in [-0.2, -0.15) is 0 Å². The van der Waals surface area contributed by atoms with Crippen molar-refractivity contribution in [3.8, 4) is 0 Å². The maximum Gasteiger partial charge on any atom is 0.246 e. The van der Waals surface area contributed by atoms with Gasteiger partial charge in [-0.1, -0.05) is 13.0 Å². The molecule has 3 aliphatic heterocycles. The van der Waals surface area contributed by atoms with E-state index in [1.807, 2.05) is 18.3 Å². The Morgan fingerprint density at radius 1 is 1.56 bits per heavy atom. The molecule has 1 N–H and O–H groups in total. The van der Waals surface area contributed by atoms with E-state index in [0.717, 1.165) is 39.0 Å². The predicted molar refractivity (Wildman–Crippen MR) is 97.5 cm³/mol. The molecule has 25 heavy (non-hydrogen) atoms. The van der Waals surface area contributed by atoms with Gasteiger partial charge < -0.3 is 14.8 Å². The highest BCUT2D eigenvalue weighted by Crippen LogP contribution is 2.54. The van der Waals surface area contributed by atoms with E-state index in [1.165, 1.54) is 11.3 Å². The fraction of sp³-hybridized carbons (Fsp3) is 0.737. The monoisotopic (exact) mass is 364 g/mol. The fourth-order valence-corrected chi connectivity index (χ4v) is 5.64. The third-order valence-corrected chi connectivity index (χ3v) is 6.79. The van der Waals surface area contributed by atoms with Crippen molar-refractivity contribution >= 4 is 17.2 Å². The van der Waals surface area contributed by atoms with Crippen LogP contribution >= 0.6 is 11.3 Å². The molecule has 3 aliphatic rings. The average molecular weight is 365 g/mol. The van der Waals surface area contributed by atoms with Crippen LogP contribution in [0.25, 0.3) is 0 Å². The number of thiophene rings is 1. The lowest BCUT2D eigenvalue weighted by atomic mass is 9.73. The van der Waals surface area contributed by atoms with E-state index in [4.69, 9.17) is 9.47 Å². The summed E-state index contributed by atoms with van der Waals surface area (Å²) in [6, 6.07) is 4.33. The van der Waals surface area contributed by atoms with Crippen LogP contribution in [0.3, 0.4) is 0 Å². The molecule has 1 aromatic rings. The Labute approximate surface area is 153 Å². The van der Waals surface area contributed by atoms with Gasteiger partial charge >= 0.3 is 0 Å². The molecule has 1 aromatic heterocycles. The molecule has 3 saturated heterocycles. The number of rotatable bonds is 8. The summed E-state index contributed by atoms with van der Waals surface area (Å²) in [6.07, 6.45) is 3.57. The number of carbonyl (C=O) groups excluding carboxylic acids is 1. The predicted octanol–water partition coefficient (Wildman–Crippen LogP) is 2.27. The van der Waals surface area contributed by atoms with Crippen LogP contribution in [-0.4, -0.2) is 55.4 Å². The van der Waals surface area contributed by atoms with Crippen LogP contribution in [-0.2, 0) is 20.8 Å². The average Bonchev–Trinajstić information content (AvgIpc) is 3.34. The third-order valence-electron chi connectivity index (χ3n) is 5.93. The van der Waals surface area contributed by atoms with Crippen molar-refractivity contribution in [2.24, 2.45) is 11.8 Å². The largest absolute Gasteiger partial charge is 0.372 e. The van der Waals surface area contributed by atoms with Gasteiger partial charge in [-0.15, -0.1) is 11.3 Å². The van der Waals surface area contributed by atoms with Crippen molar-refractivity contribution in [2.75, 3.05) is 32.8 Å². The van der Waals surface area contributed by atoms with E-state index in [1.54, 1.807) is 0 Å². The number of nitrogens with one attached hydrogen (secondary N) is 1. The Morgan fingerprint density at radius 3 is 3.28 bits per heavy atom. The van der Waals surface area contributed by atoms with E-state index in [0.29, 0.717) is 24.5 Å². The second kappa shape index (κ2) is 7.35. The zero-order valence-electron chi connectivity index (χ0n) is 14.9. The number of nitrogens with zero attached hydrogens (tertiary/aromatic N) is 1. The first-order valence-electron chi connectivity index (χ1n) is 9.47. The van der Waals surface area contributed by atoms with Gasteiger partial charge in [0.1, 0.15) is 6.61 Å². The summed E-state index contributed by atoms with van der Waals surface area (Å²) in [5, 5.41) is 5.22. The quantitative estimate of drug-likeness (QED) is 0.719. The molecule has 4 rings (SSSR count). The standard InChI is InChI=1S/C19H28N2O3S/c1-2-7-23-12-18(22)20-9-15-16-11-21(10-14-4-3-8-25-14)13-19(16)6-5-17(15)24-19/h3-4,8,15-17H,2,5-7,9-13H2,1H3,(H,20,22)/t15-,16+,17+,19+/m0/s1. The molecule has 6 heteroatoms. The molecule has 2 bridgehead atoms. The van der Waals surface area contributed by atoms with Gasteiger partial charge in [0.05, 0.1) is 11.7 Å². The molecule has 0 aromatic carbocycles. The van der Waals surface area contributed by atoms with Gasteiger partial charge in [0.15, 0.2) is 0 Å². The first kappa shape index (κ1) is 17.5. The fourth-order valence-electron chi connectivity index (χ4n) is 4.89. The SMILES string of the molecule is CCCOCC(=O)NC[C@H]1[C@H]2CN(Cc3cccs3)C[C@]23CC[C@H]1O3. The minimum absolute atomic E-state index is 0.00119. The van der Waals surface area contributed by atoms with Crippen molar-refractivity contribution in [2.45, 2.75) is 44.4 Å². The van der Waals surface area contributed by atoms with Crippen molar-refractivity contribution in [3.05, 3.63) is 22.4 Å². The van der Waals surface area contributed by atoms with E-state index in [9.17, 15) is 4.79 Å². The first-order chi connectivity index (χ1) is 12.2. The molecule has 138 valence electrons. The highest BCUT2D eigenvalue weighted by Gasteiger charge is 2.62. The summed E-state index contributed by atoms with van der Waals surface area (Å²) in [7, 11) is 0. The molecule has 3 fully saturated rings. The maximum absolute atomic E-state index is 12.0. The molecule has 5 nitrogen and oxygen atoms in total. The number of hydrogen-bond acceptors (Lipinski definition) is 5. The van der Waals surface area contributed by atoms with Crippen LogP contribution in [0.1, 0.15) is 31.1 Å². The van der Waals surface area contributed by atoms with E-state index < -0.39 is 0 Å². The Balaban J connectivity index is 1.32. The number of likely N-dealkylation sites (tertiary alicyclic amines) is 1. The summed E-state index contributed by atoms with van der Waals surface area (Å²) in [4.78, 5) is 15.9. The molecule has 4 atom stereocenters. The Morgan fingerprint density at radius 2 is 2.48 bits per heavy atom. The Hall–Kier alpha value is -0.950. The summed E-state index contributed by atoms with van der Waals surface area (Å²) in [6.45, 7) is 6.73. The second-order valence-corrected chi connectivity index (χ2v) is 8.67. The minimum Gasteiger partial charge on any atom is -0.372 e. The van der Waals surface area contributed by atoms with E-state index in [-0.39, 0.29) is 18.1 Å². The molecule has 0 unspecified atom stereocenters. The maximum atomic E-state index is 12.0. The van der Waals surface area contributed by atoms with Crippen molar-refractivity contribution in [1.82, 2.24) is 10.2 Å². The number of ether oxygens (including phenoxy) is 2. The number of hydrogen-bond donors (Lipinski definition) is 1. The van der Waals surface area contributed by atoms with Crippen LogP contribution in [0, 0.1) is 11.8 Å². The van der Waals surface area contributed by atoms with E-state index >= 15 is 0 Å². The number of amides is 1. The van der Waals surface area contributed by atoms with Gasteiger partial charge in [-0.3, -0.25) is 9.69 Å². The van der Waals surface area contributed by atoms with Crippen LogP contribution in [0.2, 0.25) is 0 Å². The normalized spacial score (nSPS) is 33.7. The lowest BCUT2D eigenvalue weighted by molar-refractivity contribution is -0.126. The van der Waals surface area contributed by atoms with Crippen molar-refractivity contribution in [3.63, 3.8) is 0 Å². The Bertz CT molecular complexity index is 593. The van der Waals surface area contributed by atoms with E-state index in [2.05, 4.69) is 27.7 Å². The smallest absolute Gasteiger partial charge is 0.246 e. The van der Waals surface area contributed by atoms with Gasteiger partial charge in [0.2, 0.25) is 5.91 Å². The second-order valence-electron chi connectivity index (χ2n) is 7.64. The topological polar surface area (TPSA) is 50.8 Å². The first-order valence-corrected chi connectivity index (χ1v) is 10.3. The molecule has 1 spiro atoms. The highest BCUT2D eigenvalue weighted by atomic mass is 32.1. The lowest BCUT2D eigenvalue weighted by Crippen LogP contribution is -2.42. The summed E-state index contributed by atoms with van der Waals surface area (Å²) >= 11 is 1.83. The summed E-state index contributed by atoms with van der Waals surface area (Å²) in [5.41, 5.74) is 0.0377. The van der Waals surface area contributed by atoms with Crippen LogP contribution in [0.15, 0.2) is 17.5 Å². The van der Waals surface area contributed by atoms with Gasteiger partial charge in [0.25, 0.3) is 0 Å². The van der Waals surface area contributed by atoms with Gasteiger partial charge in [-0.25, -0.2) is 0 Å². The lowest BCUT2D eigenvalue weighted by Gasteiger charge is -2.29. The highest BCUT2D eigenvalue weighted by molar-refractivity contribution is 7.09. The molecule has 0 aliphatic carbocycles. The van der Waals surface area contributed by atoms with Gasteiger partial charge in [-0.05, 0) is 30.7 Å². The number of carbonyl (C=O) groups is 1. The molecule has 0 saturated carbocycles. The molecular formula is C19H28N2O3S. The molecule has 1 amide bonds. The molecule has 0 radical (unpaired) electrons. The Kier molecular flexibility index (Phi) is 5.13. The summed E-state index contributed by atoms with van der Waals surface area (Å²) in [5.74, 6) is 0.985. The number of fused-ring (bicyclic) bond motifs is 1. The van der Waals surface area contributed by atoms with Crippen LogP contribution in [0.4, 0.5) is 0 Å². The van der Waals surface area contributed by atoms with Crippen LogP contribution in [0.5, 0.6) is 0 Å². The van der Waals surface area contributed by atoms with Gasteiger partial charge in [0, 0.05) is 49.5 Å². The zero-order chi connectivity index (χ0) is 17.3. The van der Waals surface area contributed by atoms with Crippen LogP contribution < -0.4 is 5.32 Å². The molecular weight excluding hydrogens is 336 g/mol. The van der Waals surface area contributed by atoms with Crippen molar-refractivity contribution < 1.29 is 14.3 Å². The minimum atomic E-state index is -0.00119. The summed E-state index contributed by atoms with van der Waals surface area (Å²) < 4.78 is 11.8. The zero-order valence-corrected chi connectivity index (χ0v) is 15.7. The third kappa shape index (κ3) is 3.50. The molecule has 4 heterocycles.